The zero-order chi connectivity index (χ0) is 25.6. The van der Waals surface area contributed by atoms with Crippen molar-refractivity contribution >= 4 is 43.8 Å². The van der Waals surface area contributed by atoms with E-state index in [0.29, 0.717) is 38.7 Å². The van der Waals surface area contributed by atoms with Gasteiger partial charge >= 0.3 is 0 Å². The predicted octanol–water partition coefficient (Wildman–Crippen LogP) is 5.45. The van der Waals surface area contributed by atoms with Gasteiger partial charge in [0.2, 0.25) is 0 Å². The molecule has 4 aromatic rings. The lowest BCUT2D eigenvalue weighted by molar-refractivity contribution is 0.260. The molecule has 0 aliphatic heterocycles. The van der Waals surface area contributed by atoms with E-state index in [1.165, 1.54) is 24.7 Å². The molecule has 1 unspecified atom stereocenters. The zero-order valence-corrected chi connectivity index (χ0v) is 21.4. The summed E-state index contributed by atoms with van der Waals surface area (Å²) in [5.41, 5.74) is 3.65. The Balaban J connectivity index is 1.46. The summed E-state index contributed by atoms with van der Waals surface area (Å²) in [5, 5.41) is 3.62. The topological polar surface area (TPSA) is 84.4 Å². The number of sulfone groups is 1. The smallest absolute Gasteiger partial charge is 0.156 e. The number of aromatic nitrogens is 2. The van der Waals surface area contributed by atoms with Crippen molar-refractivity contribution in [1.82, 2.24) is 14.9 Å². The summed E-state index contributed by atoms with van der Waals surface area (Å²) in [4.78, 5) is 10.7. The van der Waals surface area contributed by atoms with E-state index in [1.807, 2.05) is 31.1 Å². The molecule has 0 saturated heterocycles. The van der Waals surface area contributed by atoms with E-state index in [9.17, 15) is 12.8 Å². The van der Waals surface area contributed by atoms with Crippen molar-refractivity contribution < 1.29 is 17.5 Å². The lowest BCUT2D eigenvalue weighted by atomic mass is 9.79. The third kappa shape index (κ3) is 4.50. The third-order valence-electron chi connectivity index (χ3n) is 6.26. The van der Waals surface area contributed by atoms with Crippen LogP contribution < -0.4 is 10.1 Å². The summed E-state index contributed by atoms with van der Waals surface area (Å²) in [6, 6.07) is 14.9. The van der Waals surface area contributed by atoms with Gasteiger partial charge in [-0.25, -0.2) is 22.8 Å². The highest BCUT2D eigenvalue weighted by Gasteiger charge is 2.47. The van der Waals surface area contributed by atoms with Gasteiger partial charge in [-0.05, 0) is 67.2 Å². The molecule has 1 N–H and O–H groups in total. The molecule has 5 rings (SSSR count). The Bertz CT molecular complexity index is 1580. The van der Waals surface area contributed by atoms with E-state index in [1.54, 1.807) is 30.3 Å². The number of hydrogen-bond donors (Lipinski definition) is 1. The summed E-state index contributed by atoms with van der Waals surface area (Å²) in [5.74, 6) is 0.616. The standard InChI is InChI=1S/C26H24ClFN4O3S/c1-32(2)24-18-8-9-20-23(22(18)25(24)36(3,33)34)26(30-14-29-20)31-17-7-10-21(19(27)12-17)35-13-15-5-4-6-16(28)11-15/h4-12,14,24-25H,13H2,1-3H3,(H,29,30,31)/t24?,25-/m1/s1. The highest BCUT2D eigenvalue weighted by atomic mass is 35.5. The Hall–Kier alpha value is -3.27. The quantitative estimate of drug-likeness (QED) is 0.343. The first kappa shape index (κ1) is 24.4. The minimum absolute atomic E-state index is 0.173. The number of ether oxygens (including phenoxy) is 1. The van der Waals surface area contributed by atoms with Crippen molar-refractivity contribution in [2.75, 3.05) is 25.7 Å². The molecule has 0 spiro atoms. The van der Waals surface area contributed by atoms with Gasteiger partial charge in [0.05, 0.1) is 16.6 Å². The molecule has 0 saturated carbocycles. The van der Waals surface area contributed by atoms with E-state index in [-0.39, 0.29) is 18.5 Å². The number of nitrogens with one attached hydrogen (secondary N) is 1. The van der Waals surface area contributed by atoms with Gasteiger partial charge in [0, 0.05) is 17.3 Å². The maximum Gasteiger partial charge on any atom is 0.156 e. The van der Waals surface area contributed by atoms with Crippen molar-refractivity contribution in [2.45, 2.75) is 17.9 Å². The minimum Gasteiger partial charge on any atom is -0.487 e. The SMILES string of the molecule is CN(C)C1c2ccc3ncnc(Nc4ccc(OCc5cccc(F)c5)c(Cl)c4)c3c2[C@H]1S(C)(=O)=O. The van der Waals surface area contributed by atoms with Gasteiger partial charge < -0.3 is 15.0 Å². The molecular formula is C26H24ClFN4O3S. The van der Waals surface area contributed by atoms with Crippen molar-refractivity contribution in [2.24, 2.45) is 0 Å². The van der Waals surface area contributed by atoms with Crippen LogP contribution in [0.5, 0.6) is 5.75 Å². The molecule has 10 heteroatoms. The van der Waals surface area contributed by atoms with Crippen LogP contribution >= 0.6 is 11.6 Å². The largest absolute Gasteiger partial charge is 0.487 e. The van der Waals surface area contributed by atoms with E-state index >= 15 is 0 Å². The molecule has 1 aliphatic carbocycles. The number of benzene rings is 3. The molecule has 0 radical (unpaired) electrons. The van der Waals surface area contributed by atoms with Crippen molar-refractivity contribution in [3.8, 4) is 5.75 Å². The van der Waals surface area contributed by atoms with Crippen LogP contribution in [0.25, 0.3) is 10.9 Å². The molecule has 36 heavy (non-hydrogen) atoms. The van der Waals surface area contributed by atoms with Gasteiger partial charge in [0.15, 0.2) is 9.84 Å². The number of fused-ring (bicyclic) bond motifs is 3. The van der Waals surface area contributed by atoms with E-state index in [4.69, 9.17) is 16.3 Å². The van der Waals surface area contributed by atoms with Crippen molar-refractivity contribution in [3.63, 3.8) is 0 Å². The first-order valence-electron chi connectivity index (χ1n) is 11.2. The van der Waals surface area contributed by atoms with Crippen LogP contribution in [0.2, 0.25) is 5.02 Å². The fraction of sp³-hybridized carbons (Fsp3) is 0.231. The van der Waals surface area contributed by atoms with Gasteiger partial charge in [-0.1, -0.05) is 29.8 Å². The first-order valence-corrected chi connectivity index (χ1v) is 13.5. The summed E-state index contributed by atoms with van der Waals surface area (Å²) in [6.07, 6.45) is 2.70. The number of hydrogen-bond acceptors (Lipinski definition) is 7. The van der Waals surface area contributed by atoms with Crippen LogP contribution in [0, 0.1) is 5.82 Å². The van der Waals surface area contributed by atoms with Crippen molar-refractivity contribution in [1.29, 1.82) is 0 Å². The molecule has 2 atom stereocenters. The van der Waals surface area contributed by atoms with Crippen molar-refractivity contribution in [3.05, 3.63) is 88.5 Å². The highest BCUT2D eigenvalue weighted by molar-refractivity contribution is 7.91. The number of rotatable bonds is 7. The number of anilines is 2. The molecule has 0 fully saturated rings. The molecule has 186 valence electrons. The fourth-order valence-corrected chi connectivity index (χ4v) is 6.47. The van der Waals surface area contributed by atoms with Gasteiger partial charge in [-0.3, -0.25) is 0 Å². The Labute approximate surface area is 213 Å². The summed E-state index contributed by atoms with van der Waals surface area (Å²) < 4.78 is 44.6. The number of nitrogens with zero attached hydrogens (tertiary/aromatic N) is 3. The number of likely N-dealkylation sites (N-methyl/N-ethyl adjacent to an activating group) is 1. The van der Waals surface area contributed by atoms with Crippen LogP contribution in [0.3, 0.4) is 0 Å². The normalized spacial score (nSPS) is 17.1. The molecular weight excluding hydrogens is 503 g/mol. The van der Waals surface area contributed by atoms with Crippen LogP contribution in [-0.2, 0) is 16.4 Å². The minimum atomic E-state index is -3.39. The van der Waals surface area contributed by atoms with E-state index < -0.39 is 15.1 Å². The Morgan fingerprint density at radius 3 is 2.61 bits per heavy atom. The first-order chi connectivity index (χ1) is 17.1. The molecule has 1 aliphatic rings. The van der Waals surface area contributed by atoms with Crippen LogP contribution in [-0.4, -0.2) is 43.6 Å². The second-order valence-corrected chi connectivity index (χ2v) is 11.6. The second-order valence-electron chi connectivity index (χ2n) is 9.03. The van der Waals surface area contributed by atoms with Crippen LogP contribution in [0.4, 0.5) is 15.9 Å². The Morgan fingerprint density at radius 2 is 1.92 bits per heavy atom. The maximum absolute atomic E-state index is 13.4. The van der Waals surface area contributed by atoms with E-state index in [0.717, 1.165) is 11.1 Å². The molecule has 1 aromatic heterocycles. The lowest BCUT2D eigenvalue weighted by Crippen LogP contribution is -2.39. The van der Waals surface area contributed by atoms with Crippen LogP contribution in [0.1, 0.15) is 28.0 Å². The lowest BCUT2D eigenvalue weighted by Gasteiger charge is -2.43. The summed E-state index contributed by atoms with van der Waals surface area (Å²) >= 11 is 6.46. The fourth-order valence-electron chi connectivity index (χ4n) is 4.70. The third-order valence-corrected chi connectivity index (χ3v) is 7.97. The highest BCUT2D eigenvalue weighted by Crippen LogP contribution is 2.54. The van der Waals surface area contributed by atoms with Gasteiger partial charge in [-0.2, -0.15) is 0 Å². The van der Waals surface area contributed by atoms with Crippen LogP contribution in [0.15, 0.2) is 60.9 Å². The maximum atomic E-state index is 13.4. The van der Waals surface area contributed by atoms with Gasteiger partial charge in [0.25, 0.3) is 0 Å². The molecule has 0 amide bonds. The summed E-state index contributed by atoms with van der Waals surface area (Å²) in [6.45, 7) is 0.173. The average molecular weight is 527 g/mol. The van der Waals surface area contributed by atoms with Gasteiger partial charge in [0.1, 0.15) is 35.6 Å². The average Bonchev–Trinajstić information content (AvgIpc) is 2.78. The van der Waals surface area contributed by atoms with Gasteiger partial charge in [-0.15, -0.1) is 0 Å². The second kappa shape index (κ2) is 9.31. The Kier molecular flexibility index (Phi) is 6.32. The number of halogens is 2. The monoisotopic (exact) mass is 526 g/mol. The molecule has 1 heterocycles. The summed E-state index contributed by atoms with van der Waals surface area (Å²) in [7, 11) is 0.358. The molecule has 3 aromatic carbocycles. The Morgan fingerprint density at radius 1 is 1.11 bits per heavy atom. The zero-order valence-electron chi connectivity index (χ0n) is 19.9. The molecule has 0 bridgehead atoms. The van der Waals surface area contributed by atoms with E-state index in [2.05, 4.69) is 15.3 Å². The molecule has 7 nitrogen and oxygen atoms in total. The predicted molar refractivity (Wildman–Crippen MR) is 139 cm³/mol.